The van der Waals surface area contributed by atoms with Crippen LogP contribution in [0.15, 0.2) is 54.7 Å². The predicted molar refractivity (Wildman–Crippen MR) is 112 cm³/mol. The van der Waals surface area contributed by atoms with Crippen molar-refractivity contribution in [3.63, 3.8) is 0 Å². The fourth-order valence-electron chi connectivity index (χ4n) is 2.61. The maximum atomic E-state index is 12.9. The number of thiazole rings is 1. The van der Waals surface area contributed by atoms with Crippen LogP contribution in [0.1, 0.15) is 21.6 Å². The van der Waals surface area contributed by atoms with E-state index >= 15 is 0 Å². The number of hydrogen-bond donors (Lipinski definition) is 1. The number of benzene rings is 2. The zero-order chi connectivity index (χ0) is 22.6. The standard InChI is InChI=1S/C20H13ClF3N3O3S/c21-17-6-4-12(10-16(17)20(22,23)24)5-7-18(28)26-19-25-11-15(31-19)9-13-2-1-3-14(8-13)27(29)30/h1-8,10-11H,9H2,(H,25,26,28)/b7-5+. The summed E-state index contributed by atoms with van der Waals surface area (Å²) in [6.45, 7) is 0. The van der Waals surface area contributed by atoms with Crippen LogP contribution in [0, 0.1) is 10.1 Å². The predicted octanol–water partition coefficient (Wildman–Crippen LogP) is 5.97. The first-order valence-electron chi connectivity index (χ1n) is 8.65. The van der Waals surface area contributed by atoms with E-state index in [1.165, 1.54) is 41.8 Å². The van der Waals surface area contributed by atoms with Crippen molar-refractivity contribution in [3.8, 4) is 0 Å². The van der Waals surface area contributed by atoms with E-state index < -0.39 is 27.6 Å². The molecule has 0 radical (unpaired) electrons. The van der Waals surface area contributed by atoms with Gasteiger partial charge in [0, 0.05) is 35.7 Å². The van der Waals surface area contributed by atoms with Gasteiger partial charge in [-0.2, -0.15) is 13.2 Å². The Labute approximate surface area is 183 Å². The van der Waals surface area contributed by atoms with E-state index in [4.69, 9.17) is 11.6 Å². The number of carbonyl (C=O) groups is 1. The van der Waals surface area contributed by atoms with Gasteiger partial charge >= 0.3 is 6.18 Å². The normalized spacial score (nSPS) is 11.6. The van der Waals surface area contributed by atoms with Crippen molar-refractivity contribution in [1.29, 1.82) is 0 Å². The Kier molecular flexibility index (Phi) is 6.71. The molecule has 1 aromatic heterocycles. The van der Waals surface area contributed by atoms with E-state index in [1.54, 1.807) is 12.1 Å². The van der Waals surface area contributed by atoms with Crippen molar-refractivity contribution in [2.45, 2.75) is 12.6 Å². The lowest BCUT2D eigenvalue weighted by atomic mass is 10.1. The number of rotatable bonds is 6. The SMILES string of the molecule is O=C(/C=C/c1ccc(Cl)c(C(F)(F)F)c1)Nc1ncc(Cc2cccc([N+](=O)[O-])c2)s1. The molecule has 3 aromatic rings. The Hall–Kier alpha value is -3.24. The smallest absolute Gasteiger partial charge is 0.298 e. The molecule has 160 valence electrons. The number of nitro groups is 1. The Morgan fingerprint density at radius 1 is 1.26 bits per heavy atom. The summed E-state index contributed by atoms with van der Waals surface area (Å²) in [5.41, 5.74) is -0.116. The van der Waals surface area contributed by atoms with E-state index in [0.717, 1.165) is 28.6 Å². The summed E-state index contributed by atoms with van der Waals surface area (Å²) < 4.78 is 38.7. The van der Waals surface area contributed by atoms with Gasteiger partial charge in [0.1, 0.15) is 0 Å². The summed E-state index contributed by atoms with van der Waals surface area (Å²) in [5, 5.41) is 13.3. The summed E-state index contributed by atoms with van der Waals surface area (Å²) in [6, 6.07) is 9.52. The quantitative estimate of drug-likeness (QED) is 0.275. The van der Waals surface area contributed by atoms with E-state index in [9.17, 15) is 28.1 Å². The van der Waals surface area contributed by atoms with Crippen LogP contribution in [-0.2, 0) is 17.4 Å². The van der Waals surface area contributed by atoms with Crippen LogP contribution < -0.4 is 5.32 Å². The second-order valence-electron chi connectivity index (χ2n) is 6.30. The number of carbonyl (C=O) groups excluding carboxylic acids is 1. The minimum absolute atomic E-state index is 0.0171. The molecule has 0 aliphatic heterocycles. The molecule has 2 aromatic carbocycles. The third kappa shape index (κ3) is 6.12. The number of alkyl halides is 3. The van der Waals surface area contributed by atoms with E-state index in [0.29, 0.717) is 11.6 Å². The molecule has 0 spiro atoms. The van der Waals surface area contributed by atoms with Gasteiger partial charge in [-0.05, 0) is 29.3 Å². The summed E-state index contributed by atoms with van der Waals surface area (Å²) in [4.78, 5) is 27.3. The highest BCUT2D eigenvalue weighted by Gasteiger charge is 2.33. The maximum absolute atomic E-state index is 12.9. The first kappa shape index (κ1) is 22.4. The molecule has 6 nitrogen and oxygen atoms in total. The number of nitrogens with one attached hydrogen (secondary N) is 1. The first-order chi connectivity index (χ1) is 14.6. The molecule has 31 heavy (non-hydrogen) atoms. The average Bonchev–Trinajstić information content (AvgIpc) is 3.13. The zero-order valence-corrected chi connectivity index (χ0v) is 17.1. The largest absolute Gasteiger partial charge is 0.417 e. The van der Waals surface area contributed by atoms with Gasteiger partial charge < -0.3 is 0 Å². The fraction of sp³-hybridized carbons (Fsp3) is 0.100. The lowest BCUT2D eigenvalue weighted by Gasteiger charge is -2.09. The number of non-ortho nitro benzene ring substituents is 1. The van der Waals surface area contributed by atoms with Crippen LogP contribution in [0.2, 0.25) is 5.02 Å². The number of nitrogens with zero attached hydrogens (tertiary/aromatic N) is 2. The molecule has 0 aliphatic carbocycles. The van der Waals surface area contributed by atoms with Crippen molar-refractivity contribution >= 4 is 45.7 Å². The van der Waals surface area contributed by atoms with Crippen molar-refractivity contribution in [3.05, 3.63) is 91.4 Å². The number of aromatic nitrogens is 1. The van der Waals surface area contributed by atoms with Gasteiger partial charge in [-0.1, -0.05) is 29.8 Å². The van der Waals surface area contributed by atoms with Crippen LogP contribution in [0.25, 0.3) is 6.08 Å². The Balaban J connectivity index is 1.64. The molecule has 0 bridgehead atoms. The number of hydrogen-bond acceptors (Lipinski definition) is 5. The molecule has 11 heteroatoms. The molecule has 1 amide bonds. The molecular weight excluding hydrogens is 455 g/mol. The number of amides is 1. The Morgan fingerprint density at radius 2 is 2.03 bits per heavy atom. The molecular formula is C20H13ClF3N3O3S. The maximum Gasteiger partial charge on any atom is 0.417 e. The molecule has 3 rings (SSSR count). The highest BCUT2D eigenvalue weighted by Crippen LogP contribution is 2.35. The third-order valence-corrected chi connectivity index (χ3v) is 5.25. The molecule has 0 fully saturated rings. The lowest BCUT2D eigenvalue weighted by molar-refractivity contribution is -0.384. The van der Waals surface area contributed by atoms with Crippen LogP contribution >= 0.6 is 22.9 Å². The Morgan fingerprint density at radius 3 is 2.74 bits per heavy atom. The number of anilines is 1. The summed E-state index contributed by atoms with van der Waals surface area (Å²) in [7, 11) is 0. The lowest BCUT2D eigenvalue weighted by Crippen LogP contribution is -2.07. The van der Waals surface area contributed by atoms with Gasteiger partial charge in [-0.15, -0.1) is 11.3 Å². The summed E-state index contributed by atoms with van der Waals surface area (Å²) in [5.74, 6) is -0.570. The molecule has 0 unspecified atom stereocenters. The Bertz CT molecular complexity index is 1160. The van der Waals surface area contributed by atoms with E-state index in [1.807, 2.05) is 0 Å². The molecule has 1 heterocycles. The van der Waals surface area contributed by atoms with E-state index in [2.05, 4.69) is 10.3 Å². The van der Waals surface area contributed by atoms with Gasteiger partial charge in [0.15, 0.2) is 5.13 Å². The summed E-state index contributed by atoms with van der Waals surface area (Å²) in [6.07, 6.45) is -0.336. The first-order valence-corrected chi connectivity index (χ1v) is 9.85. The highest BCUT2D eigenvalue weighted by molar-refractivity contribution is 7.15. The fourth-order valence-corrected chi connectivity index (χ4v) is 3.69. The second kappa shape index (κ2) is 9.27. The topological polar surface area (TPSA) is 85.1 Å². The summed E-state index contributed by atoms with van der Waals surface area (Å²) >= 11 is 6.76. The minimum atomic E-state index is -4.60. The highest BCUT2D eigenvalue weighted by atomic mass is 35.5. The van der Waals surface area contributed by atoms with Gasteiger partial charge in [-0.25, -0.2) is 4.98 Å². The molecule has 1 N–H and O–H groups in total. The van der Waals surface area contributed by atoms with Gasteiger partial charge in [0.2, 0.25) is 5.91 Å². The number of nitro benzene ring substituents is 1. The average molecular weight is 468 g/mol. The van der Waals surface area contributed by atoms with Crippen LogP contribution in [0.4, 0.5) is 24.0 Å². The van der Waals surface area contributed by atoms with Crippen molar-refractivity contribution in [1.82, 2.24) is 4.98 Å². The van der Waals surface area contributed by atoms with Gasteiger partial charge in [0.05, 0.1) is 15.5 Å². The van der Waals surface area contributed by atoms with E-state index in [-0.39, 0.29) is 11.3 Å². The molecule has 0 atom stereocenters. The van der Waals surface area contributed by atoms with Crippen LogP contribution in [-0.4, -0.2) is 15.8 Å². The molecule has 0 aliphatic rings. The van der Waals surface area contributed by atoms with Crippen LogP contribution in [0.5, 0.6) is 0 Å². The molecule has 0 saturated carbocycles. The monoisotopic (exact) mass is 467 g/mol. The third-order valence-electron chi connectivity index (χ3n) is 4.01. The minimum Gasteiger partial charge on any atom is -0.298 e. The van der Waals surface area contributed by atoms with Crippen molar-refractivity contribution in [2.75, 3.05) is 5.32 Å². The van der Waals surface area contributed by atoms with Crippen molar-refractivity contribution in [2.24, 2.45) is 0 Å². The molecule has 0 saturated heterocycles. The van der Waals surface area contributed by atoms with Crippen LogP contribution in [0.3, 0.4) is 0 Å². The zero-order valence-electron chi connectivity index (χ0n) is 15.5. The van der Waals surface area contributed by atoms with Gasteiger partial charge in [-0.3, -0.25) is 20.2 Å². The van der Waals surface area contributed by atoms with Gasteiger partial charge in [0.25, 0.3) is 5.69 Å². The number of halogens is 4. The second-order valence-corrected chi connectivity index (χ2v) is 7.82. The van der Waals surface area contributed by atoms with Crippen molar-refractivity contribution < 1.29 is 22.9 Å².